The van der Waals surface area contributed by atoms with E-state index in [1.165, 1.54) is 87.2 Å². The highest BCUT2D eigenvalue weighted by atomic mass is 28.3. The van der Waals surface area contributed by atoms with E-state index in [1.54, 1.807) is 20.7 Å². The van der Waals surface area contributed by atoms with E-state index >= 15 is 0 Å². The van der Waals surface area contributed by atoms with Gasteiger partial charge in [-0.3, -0.25) is 0 Å². The van der Waals surface area contributed by atoms with Gasteiger partial charge in [-0.15, -0.1) is 0 Å². The number of hydrogen-bond donors (Lipinski definition) is 0. The maximum Gasteiger partial charge on any atom is 0.114 e. The zero-order chi connectivity index (χ0) is 34.9. The molecule has 0 atom stereocenters. The monoisotopic (exact) mass is 678 g/mol. The zero-order valence-corrected chi connectivity index (χ0v) is 33.2. The molecule has 2 aliphatic heterocycles. The smallest absolute Gasteiger partial charge is 0.0616 e. The summed E-state index contributed by atoms with van der Waals surface area (Å²) in [5, 5.41) is 21.0. The summed E-state index contributed by atoms with van der Waals surface area (Å²) in [5.74, 6) is 0. The van der Waals surface area contributed by atoms with Crippen molar-refractivity contribution >= 4 is 90.8 Å². The molecule has 0 bridgehead atoms. The largest absolute Gasteiger partial charge is 0.114 e. The lowest BCUT2D eigenvalue weighted by atomic mass is 9.77. The molecule has 10 rings (SSSR count). The van der Waals surface area contributed by atoms with Crippen molar-refractivity contribution < 1.29 is 0 Å². The molecular weight excluding hydrogens is 633 g/mol. The van der Waals surface area contributed by atoms with Crippen LogP contribution in [0.2, 0.25) is 26.2 Å². The van der Waals surface area contributed by atoms with Crippen LogP contribution in [-0.2, 0) is 10.8 Å². The standard InChI is InChI=1S/C48H46Si2/c1-47(2,3)29-23-33-39-35(25-29)45-44(42-32-18-14-12-16-28(32)20-22-38(42)49(45,7)8)34-24-30(48(4,5)6)26-36(40(34)39)46-43(33)41-31-17-13-11-15-27(31)19-21-37(41)50(46,9)10/h11-26H,1-10H3. The first kappa shape index (κ1) is 30.6. The summed E-state index contributed by atoms with van der Waals surface area (Å²) < 4.78 is 0. The van der Waals surface area contributed by atoms with Crippen LogP contribution in [0.3, 0.4) is 0 Å². The normalized spacial score (nSPS) is 16.1. The second-order valence-electron chi connectivity index (χ2n) is 18.6. The second-order valence-corrected chi connectivity index (χ2v) is 27.1. The molecule has 0 aliphatic carbocycles. The molecule has 0 unspecified atom stereocenters. The molecule has 0 nitrogen and oxygen atoms in total. The molecule has 2 aliphatic rings. The van der Waals surface area contributed by atoms with Gasteiger partial charge in [0.2, 0.25) is 0 Å². The first-order valence-corrected chi connectivity index (χ1v) is 24.5. The summed E-state index contributed by atoms with van der Waals surface area (Å²) in [6, 6.07) is 38.6. The molecule has 0 N–H and O–H groups in total. The van der Waals surface area contributed by atoms with Gasteiger partial charge in [0, 0.05) is 0 Å². The van der Waals surface area contributed by atoms with E-state index in [-0.39, 0.29) is 10.8 Å². The maximum absolute atomic E-state index is 2.63. The topological polar surface area (TPSA) is 0 Å². The van der Waals surface area contributed by atoms with Gasteiger partial charge < -0.3 is 0 Å². The van der Waals surface area contributed by atoms with Crippen molar-refractivity contribution in [2.75, 3.05) is 0 Å². The van der Waals surface area contributed by atoms with E-state index in [0.717, 1.165) is 0 Å². The van der Waals surface area contributed by atoms with E-state index in [2.05, 4.69) is 165 Å². The van der Waals surface area contributed by atoms with E-state index in [4.69, 9.17) is 0 Å². The Morgan fingerprint density at radius 3 is 1.12 bits per heavy atom. The Morgan fingerprint density at radius 1 is 0.380 bits per heavy atom. The quantitative estimate of drug-likeness (QED) is 0.111. The summed E-state index contributed by atoms with van der Waals surface area (Å²) in [7, 11) is -4.25. The molecule has 0 fully saturated rings. The lowest BCUT2D eigenvalue weighted by Gasteiger charge is -2.30. The number of hydrogen-bond acceptors (Lipinski definition) is 0. The van der Waals surface area contributed by atoms with Crippen molar-refractivity contribution in [3.05, 3.63) is 108 Å². The Morgan fingerprint density at radius 2 is 0.740 bits per heavy atom. The second kappa shape index (κ2) is 9.34. The Bertz CT molecular complexity index is 2620. The van der Waals surface area contributed by atoms with Crippen LogP contribution in [-0.4, -0.2) is 16.1 Å². The summed E-state index contributed by atoms with van der Waals surface area (Å²) in [5.41, 5.74) is 9.00. The maximum atomic E-state index is 2.63. The first-order valence-electron chi connectivity index (χ1n) is 18.5. The van der Waals surface area contributed by atoms with Gasteiger partial charge in [-0.1, -0.05) is 153 Å². The molecule has 0 spiro atoms. The third kappa shape index (κ3) is 3.66. The van der Waals surface area contributed by atoms with Gasteiger partial charge >= 0.3 is 0 Å². The van der Waals surface area contributed by atoms with Crippen LogP contribution < -0.4 is 20.7 Å². The fraction of sp³-hybridized carbons (Fsp3) is 0.250. The summed E-state index contributed by atoms with van der Waals surface area (Å²) in [6.07, 6.45) is 0. The molecule has 2 heterocycles. The van der Waals surface area contributed by atoms with Gasteiger partial charge in [0.1, 0.15) is 16.1 Å². The van der Waals surface area contributed by atoms with E-state index in [1.807, 2.05) is 0 Å². The van der Waals surface area contributed by atoms with Crippen molar-refractivity contribution in [3.8, 4) is 22.3 Å². The Hall–Kier alpha value is -4.25. The van der Waals surface area contributed by atoms with Crippen LogP contribution in [0.1, 0.15) is 52.7 Å². The lowest BCUT2D eigenvalue weighted by Crippen LogP contribution is -2.50. The predicted octanol–water partition coefficient (Wildman–Crippen LogP) is 11.1. The van der Waals surface area contributed by atoms with Crippen LogP contribution >= 0.6 is 0 Å². The van der Waals surface area contributed by atoms with Crippen LogP contribution in [0.5, 0.6) is 0 Å². The molecule has 0 saturated heterocycles. The zero-order valence-electron chi connectivity index (χ0n) is 31.2. The van der Waals surface area contributed by atoms with Gasteiger partial charge in [0.15, 0.2) is 0 Å². The predicted molar refractivity (Wildman–Crippen MR) is 227 cm³/mol. The van der Waals surface area contributed by atoms with Crippen LogP contribution in [0.4, 0.5) is 0 Å². The SMILES string of the molecule is CC(C)(C)c1cc2c3c(c4cc(C(C)(C)C)cc5c6c(c(c1)c2c54)[Si](C)(C)c1ccc2ccccc2c1-6)[Si](C)(C)c1ccc2ccccc2c1-3. The van der Waals surface area contributed by atoms with E-state index < -0.39 is 16.1 Å². The van der Waals surface area contributed by atoms with Crippen molar-refractivity contribution in [1.29, 1.82) is 0 Å². The third-order valence-corrected chi connectivity index (χ3v) is 19.9. The van der Waals surface area contributed by atoms with Gasteiger partial charge in [0.25, 0.3) is 0 Å². The van der Waals surface area contributed by atoms with Crippen LogP contribution in [0.25, 0.3) is 76.1 Å². The van der Waals surface area contributed by atoms with Crippen LogP contribution in [0, 0.1) is 0 Å². The van der Waals surface area contributed by atoms with Crippen LogP contribution in [0.15, 0.2) is 97.1 Å². The first-order chi connectivity index (χ1) is 23.6. The Labute approximate surface area is 298 Å². The fourth-order valence-corrected chi connectivity index (χ4v) is 17.0. The minimum absolute atomic E-state index is 0.0145. The molecule has 8 aromatic rings. The Kier molecular flexibility index (Phi) is 5.71. The van der Waals surface area contributed by atoms with Gasteiger partial charge in [-0.05, 0) is 131 Å². The van der Waals surface area contributed by atoms with Crippen molar-refractivity contribution in [2.45, 2.75) is 78.6 Å². The highest BCUT2D eigenvalue weighted by molar-refractivity contribution is 7.07. The lowest BCUT2D eigenvalue weighted by molar-refractivity contribution is 0.591. The molecule has 0 radical (unpaired) electrons. The summed E-state index contributed by atoms with van der Waals surface area (Å²) in [4.78, 5) is 0. The van der Waals surface area contributed by atoms with E-state index in [0.29, 0.717) is 0 Å². The highest BCUT2D eigenvalue weighted by Gasteiger charge is 2.45. The van der Waals surface area contributed by atoms with Crippen molar-refractivity contribution in [3.63, 3.8) is 0 Å². The molecule has 246 valence electrons. The highest BCUT2D eigenvalue weighted by Crippen LogP contribution is 2.51. The van der Waals surface area contributed by atoms with Gasteiger partial charge in [0.05, 0.1) is 0 Å². The molecule has 0 saturated carbocycles. The van der Waals surface area contributed by atoms with Crippen molar-refractivity contribution in [1.82, 2.24) is 0 Å². The summed E-state index contributed by atoms with van der Waals surface area (Å²) in [6.45, 7) is 24.9. The number of fused-ring (bicyclic) bond motifs is 14. The molecule has 0 amide bonds. The molecule has 50 heavy (non-hydrogen) atoms. The minimum Gasteiger partial charge on any atom is -0.0616 e. The minimum atomic E-state index is -2.13. The Balaban J connectivity index is 1.55. The molecular formula is C48H46Si2. The van der Waals surface area contributed by atoms with Crippen molar-refractivity contribution in [2.24, 2.45) is 0 Å². The third-order valence-electron chi connectivity index (χ3n) is 12.8. The summed E-state index contributed by atoms with van der Waals surface area (Å²) >= 11 is 0. The van der Waals surface area contributed by atoms with Gasteiger partial charge in [-0.2, -0.15) is 0 Å². The van der Waals surface area contributed by atoms with Gasteiger partial charge in [-0.25, -0.2) is 0 Å². The van der Waals surface area contributed by atoms with E-state index in [9.17, 15) is 0 Å². The average Bonchev–Trinajstić information content (AvgIpc) is 3.47. The molecule has 0 aromatic heterocycles. The number of rotatable bonds is 0. The number of benzene rings is 8. The fourth-order valence-electron chi connectivity index (χ4n) is 10.2. The molecule has 8 aromatic carbocycles. The average molecular weight is 679 g/mol. The molecule has 2 heteroatoms.